The summed E-state index contributed by atoms with van der Waals surface area (Å²) in [5, 5.41) is 0. The third-order valence-electron chi connectivity index (χ3n) is 0.462. The molecule has 0 aliphatic carbocycles. The molecule has 0 heterocycles. The van der Waals surface area contributed by atoms with Crippen LogP contribution in [0.3, 0.4) is 0 Å². The molecular formula is C3H10O3PbS. The Hall–Kier alpha value is 0.832. The van der Waals surface area contributed by atoms with Crippen LogP contribution in [0.5, 0.6) is 0 Å². The molecule has 0 aliphatic heterocycles. The summed E-state index contributed by atoms with van der Waals surface area (Å²) in [7, 11) is -3.67. The summed E-state index contributed by atoms with van der Waals surface area (Å²) in [5.41, 5.74) is 0. The topological polar surface area (TPSA) is 54.4 Å². The summed E-state index contributed by atoms with van der Waals surface area (Å²) in [6.07, 6.45) is 0.471. The van der Waals surface area contributed by atoms with Gasteiger partial charge in [-0.1, -0.05) is 6.92 Å². The fourth-order valence-electron chi connectivity index (χ4n) is 0.258. The van der Waals surface area contributed by atoms with Gasteiger partial charge in [0.1, 0.15) is 0 Å². The van der Waals surface area contributed by atoms with Crippen molar-refractivity contribution < 1.29 is 13.0 Å². The van der Waals surface area contributed by atoms with Crippen LogP contribution in [0.2, 0.25) is 0 Å². The summed E-state index contributed by atoms with van der Waals surface area (Å²) in [4.78, 5) is 0. The van der Waals surface area contributed by atoms with E-state index in [0.29, 0.717) is 6.42 Å². The summed E-state index contributed by atoms with van der Waals surface area (Å²) < 4.78 is 27.6. The van der Waals surface area contributed by atoms with Crippen molar-refractivity contribution in [3.05, 3.63) is 0 Å². The summed E-state index contributed by atoms with van der Waals surface area (Å²) in [6.45, 7) is 1.69. The normalized spacial score (nSPS) is 10.2. The summed E-state index contributed by atoms with van der Waals surface area (Å²) >= 11 is 0. The minimum atomic E-state index is -3.67. The maximum atomic E-state index is 9.79. The Balaban J connectivity index is 0. The van der Waals surface area contributed by atoms with Gasteiger partial charge in [0.25, 0.3) is 10.1 Å². The Morgan fingerprint density at radius 3 is 1.88 bits per heavy atom. The van der Waals surface area contributed by atoms with Gasteiger partial charge in [0.05, 0.1) is 5.75 Å². The van der Waals surface area contributed by atoms with Gasteiger partial charge in [0.15, 0.2) is 0 Å². The van der Waals surface area contributed by atoms with E-state index in [9.17, 15) is 8.42 Å². The van der Waals surface area contributed by atoms with E-state index in [2.05, 4.69) is 0 Å². The van der Waals surface area contributed by atoms with Gasteiger partial charge >= 0.3 is 27.3 Å². The third kappa shape index (κ3) is 9.95. The van der Waals surface area contributed by atoms with Gasteiger partial charge in [-0.2, -0.15) is 8.42 Å². The molecule has 0 aliphatic rings. The van der Waals surface area contributed by atoms with Crippen molar-refractivity contribution >= 4 is 37.4 Å². The molecule has 5 heteroatoms. The number of rotatable bonds is 2. The first-order valence-electron chi connectivity index (χ1n) is 2.01. The molecule has 0 aromatic heterocycles. The molecule has 0 aromatic rings. The van der Waals surface area contributed by atoms with Crippen LogP contribution < -0.4 is 0 Å². The van der Waals surface area contributed by atoms with E-state index in [1.165, 1.54) is 0 Å². The van der Waals surface area contributed by atoms with E-state index < -0.39 is 10.1 Å². The van der Waals surface area contributed by atoms with Gasteiger partial charge in [0, 0.05) is 0 Å². The first-order chi connectivity index (χ1) is 3.06. The molecule has 1 N–H and O–H groups in total. The molecule has 0 amide bonds. The van der Waals surface area contributed by atoms with Crippen LogP contribution in [-0.2, 0) is 10.1 Å². The molecule has 0 saturated carbocycles. The van der Waals surface area contributed by atoms with Crippen molar-refractivity contribution in [3.8, 4) is 0 Å². The Bertz CT molecular complexity index is 127. The second-order valence-electron chi connectivity index (χ2n) is 1.29. The maximum absolute atomic E-state index is 9.79. The quantitative estimate of drug-likeness (QED) is 0.541. The Morgan fingerprint density at radius 1 is 1.50 bits per heavy atom. The zero-order valence-electron chi connectivity index (χ0n) is 4.79. The van der Waals surface area contributed by atoms with Crippen LogP contribution in [0.1, 0.15) is 13.3 Å². The standard InChI is InChI=1S/C3H8O3S.Pb.2H/c1-2-3-7(4,5)6;;;/h2-3H2,1H3,(H,4,5,6);;;. The third-order valence-corrected chi connectivity index (χ3v) is 1.39. The molecule has 50 valence electrons. The molecular weight excluding hydrogens is 323 g/mol. The van der Waals surface area contributed by atoms with Gasteiger partial charge < -0.3 is 0 Å². The van der Waals surface area contributed by atoms with E-state index in [1.54, 1.807) is 6.92 Å². The minimum absolute atomic E-state index is 0. The number of hydrogen-bond donors (Lipinski definition) is 1. The van der Waals surface area contributed by atoms with Crippen molar-refractivity contribution in [1.29, 1.82) is 0 Å². The number of hydrogen-bond acceptors (Lipinski definition) is 2. The fourth-order valence-corrected chi connectivity index (χ4v) is 0.774. The van der Waals surface area contributed by atoms with Gasteiger partial charge in [0.2, 0.25) is 0 Å². The van der Waals surface area contributed by atoms with Crippen LogP contribution in [-0.4, -0.2) is 46.0 Å². The van der Waals surface area contributed by atoms with E-state index in [0.717, 1.165) is 0 Å². The van der Waals surface area contributed by atoms with E-state index in [-0.39, 0.29) is 33.1 Å². The van der Waals surface area contributed by atoms with Crippen molar-refractivity contribution in [2.75, 3.05) is 5.75 Å². The van der Waals surface area contributed by atoms with E-state index in [1.807, 2.05) is 0 Å². The monoisotopic (exact) mass is 334 g/mol. The predicted octanol–water partition coefficient (Wildman–Crippen LogP) is -0.632. The van der Waals surface area contributed by atoms with Crippen LogP contribution in [0.4, 0.5) is 0 Å². The van der Waals surface area contributed by atoms with Crippen LogP contribution in [0.15, 0.2) is 0 Å². The van der Waals surface area contributed by atoms with Crippen LogP contribution in [0.25, 0.3) is 0 Å². The Kier molecular flexibility index (Phi) is 6.80. The fraction of sp³-hybridized carbons (Fsp3) is 1.00. The molecule has 0 bridgehead atoms. The van der Waals surface area contributed by atoms with Crippen molar-refractivity contribution in [3.63, 3.8) is 0 Å². The summed E-state index contributed by atoms with van der Waals surface area (Å²) in [6, 6.07) is 0. The van der Waals surface area contributed by atoms with Crippen LogP contribution >= 0.6 is 0 Å². The molecule has 0 aromatic carbocycles. The van der Waals surface area contributed by atoms with Crippen molar-refractivity contribution in [2.24, 2.45) is 0 Å². The zero-order chi connectivity index (χ0) is 5.91. The van der Waals surface area contributed by atoms with Crippen molar-refractivity contribution in [2.45, 2.75) is 13.3 Å². The van der Waals surface area contributed by atoms with Gasteiger partial charge in [-0.05, 0) is 6.42 Å². The first-order valence-corrected chi connectivity index (χ1v) is 3.62. The molecule has 0 spiro atoms. The molecule has 0 unspecified atom stereocenters. The predicted molar refractivity (Wildman–Crippen MR) is 35.3 cm³/mol. The van der Waals surface area contributed by atoms with Crippen molar-refractivity contribution in [1.82, 2.24) is 0 Å². The van der Waals surface area contributed by atoms with Crippen LogP contribution in [0, 0.1) is 0 Å². The molecule has 0 atom stereocenters. The van der Waals surface area contributed by atoms with E-state index >= 15 is 0 Å². The molecule has 3 nitrogen and oxygen atoms in total. The molecule has 0 rings (SSSR count). The molecule has 0 saturated heterocycles. The molecule has 2 radical (unpaired) electrons. The van der Waals surface area contributed by atoms with Gasteiger partial charge in [-0.3, -0.25) is 4.55 Å². The van der Waals surface area contributed by atoms with E-state index in [4.69, 9.17) is 4.55 Å². The molecule has 8 heavy (non-hydrogen) atoms. The SMILES string of the molecule is CCCS(=O)(=O)O.[PbH2]. The van der Waals surface area contributed by atoms with Gasteiger partial charge in [-0.25, -0.2) is 0 Å². The summed E-state index contributed by atoms with van der Waals surface area (Å²) in [5.74, 6) is -0.132. The Labute approximate surface area is 69.4 Å². The molecule has 0 fully saturated rings. The second kappa shape index (κ2) is 4.69. The van der Waals surface area contributed by atoms with Gasteiger partial charge in [-0.15, -0.1) is 0 Å². The average molecular weight is 333 g/mol. The average Bonchev–Trinajstić information content (AvgIpc) is 1.30. The first kappa shape index (κ1) is 11.6. The second-order valence-corrected chi connectivity index (χ2v) is 2.86. The Morgan fingerprint density at radius 2 is 1.88 bits per heavy atom. The zero-order valence-corrected chi connectivity index (χ0v) is 11.1.